The standard InChI is InChI=1S/C11H12ClN3S/c1-15-6-7(5-13-15)14-9-2-3-10-8(9)4-11(12)16-10/h4-6,9,14H,2-3H2,1H3. The van der Waals surface area contributed by atoms with Gasteiger partial charge in [-0.15, -0.1) is 11.3 Å². The maximum absolute atomic E-state index is 6.03. The number of thiophene rings is 1. The molecule has 0 aliphatic heterocycles. The fraction of sp³-hybridized carbons (Fsp3) is 0.364. The molecule has 0 spiro atoms. The normalized spacial score (nSPS) is 18.8. The van der Waals surface area contributed by atoms with Gasteiger partial charge in [0.25, 0.3) is 0 Å². The van der Waals surface area contributed by atoms with Crippen LogP contribution in [0.3, 0.4) is 0 Å². The van der Waals surface area contributed by atoms with E-state index in [9.17, 15) is 0 Å². The van der Waals surface area contributed by atoms with E-state index < -0.39 is 0 Å². The molecule has 84 valence electrons. The monoisotopic (exact) mass is 253 g/mol. The largest absolute Gasteiger partial charge is 0.376 e. The van der Waals surface area contributed by atoms with Gasteiger partial charge in [0.05, 0.1) is 22.3 Å². The first-order chi connectivity index (χ1) is 7.72. The van der Waals surface area contributed by atoms with Crippen LogP contribution < -0.4 is 5.32 Å². The van der Waals surface area contributed by atoms with E-state index in [4.69, 9.17) is 11.6 Å². The average molecular weight is 254 g/mol. The van der Waals surface area contributed by atoms with Gasteiger partial charge in [0, 0.05) is 18.1 Å². The highest BCUT2D eigenvalue weighted by Gasteiger charge is 2.25. The van der Waals surface area contributed by atoms with Crippen molar-refractivity contribution in [1.29, 1.82) is 0 Å². The summed E-state index contributed by atoms with van der Waals surface area (Å²) in [5, 5.41) is 7.65. The van der Waals surface area contributed by atoms with Gasteiger partial charge in [-0.3, -0.25) is 4.68 Å². The molecule has 1 N–H and O–H groups in total. The van der Waals surface area contributed by atoms with Crippen molar-refractivity contribution < 1.29 is 0 Å². The summed E-state index contributed by atoms with van der Waals surface area (Å²) in [4.78, 5) is 1.42. The van der Waals surface area contributed by atoms with Gasteiger partial charge in [-0.2, -0.15) is 5.10 Å². The number of nitrogens with zero attached hydrogens (tertiary/aromatic N) is 2. The minimum absolute atomic E-state index is 0.392. The summed E-state index contributed by atoms with van der Waals surface area (Å²) in [6, 6.07) is 2.48. The first-order valence-corrected chi connectivity index (χ1v) is 6.45. The van der Waals surface area contributed by atoms with Crippen LogP contribution in [0.25, 0.3) is 0 Å². The lowest BCUT2D eigenvalue weighted by atomic mass is 10.2. The third-order valence-corrected chi connectivity index (χ3v) is 4.23. The topological polar surface area (TPSA) is 29.9 Å². The van der Waals surface area contributed by atoms with Crippen molar-refractivity contribution in [3.63, 3.8) is 0 Å². The molecule has 1 unspecified atom stereocenters. The fourth-order valence-electron chi connectivity index (χ4n) is 2.18. The molecule has 3 rings (SSSR count). The van der Waals surface area contributed by atoms with E-state index in [-0.39, 0.29) is 0 Å². The quantitative estimate of drug-likeness (QED) is 0.891. The molecule has 0 radical (unpaired) electrons. The number of anilines is 1. The molecule has 2 aromatic rings. The summed E-state index contributed by atoms with van der Waals surface area (Å²) in [7, 11) is 1.92. The van der Waals surface area contributed by atoms with E-state index in [2.05, 4.69) is 16.5 Å². The Hall–Kier alpha value is -1.00. The van der Waals surface area contributed by atoms with Crippen LogP contribution in [0.2, 0.25) is 4.34 Å². The number of rotatable bonds is 2. The summed E-state index contributed by atoms with van der Waals surface area (Å²) in [5.41, 5.74) is 2.43. The van der Waals surface area contributed by atoms with Gasteiger partial charge in [-0.1, -0.05) is 11.6 Å². The number of aromatic nitrogens is 2. The predicted octanol–water partition coefficient (Wildman–Crippen LogP) is 3.23. The van der Waals surface area contributed by atoms with Crippen molar-refractivity contribution >= 4 is 28.6 Å². The Morgan fingerprint density at radius 2 is 2.50 bits per heavy atom. The molecule has 1 aliphatic rings. The first kappa shape index (κ1) is 10.2. The molecular formula is C11H12ClN3S. The first-order valence-electron chi connectivity index (χ1n) is 5.25. The summed E-state index contributed by atoms with van der Waals surface area (Å²) < 4.78 is 2.70. The van der Waals surface area contributed by atoms with Crippen LogP contribution in [0.5, 0.6) is 0 Å². The van der Waals surface area contributed by atoms with Crippen LogP contribution >= 0.6 is 22.9 Å². The van der Waals surface area contributed by atoms with Crippen LogP contribution in [0.4, 0.5) is 5.69 Å². The lowest BCUT2D eigenvalue weighted by Crippen LogP contribution is -2.05. The number of fused-ring (bicyclic) bond motifs is 1. The van der Waals surface area contributed by atoms with Crippen molar-refractivity contribution in [3.8, 4) is 0 Å². The molecule has 0 saturated heterocycles. The van der Waals surface area contributed by atoms with E-state index >= 15 is 0 Å². The fourth-order valence-corrected chi connectivity index (χ4v) is 3.53. The molecular weight excluding hydrogens is 242 g/mol. The molecule has 3 nitrogen and oxygen atoms in total. The molecule has 0 bridgehead atoms. The van der Waals surface area contributed by atoms with Crippen LogP contribution in [-0.4, -0.2) is 9.78 Å². The van der Waals surface area contributed by atoms with E-state index in [0.29, 0.717) is 6.04 Å². The van der Waals surface area contributed by atoms with Crippen LogP contribution in [0.1, 0.15) is 22.9 Å². The molecule has 0 fully saturated rings. The zero-order chi connectivity index (χ0) is 11.1. The molecule has 1 atom stereocenters. The highest BCUT2D eigenvalue weighted by atomic mass is 35.5. The van der Waals surface area contributed by atoms with Crippen molar-refractivity contribution in [2.24, 2.45) is 7.05 Å². The van der Waals surface area contributed by atoms with Gasteiger partial charge in [0.15, 0.2) is 0 Å². The summed E-state index contributed by atoms with van der Waals surface area (Å²) in [6.07, 6.45) is 6.12. The second-order valence-corrected chi connectivity index (χ2v) is 5.84. The molecule has 5 heteroatoms. The number of nitrogens with one attached hydrogen (secondary N) is 1. The molecule has 1 aliphatic carbocycles. The second kappa shape index (κ2) is 3.79. The number of hydrogen-bond donors (Lipinski definition) is 1. The number of hydrogen-bond acceptors (Lipinski definition) is 3. The maximum atomic E-state index is 6.03. The van der Waals surface area contributed by atoms with Gasteiger partial charge < -0.3 is 5.32 Å². The minimum Gasteiger partial charge on any atom is -0.376 e. The van der Waals surface area contributed by atoms with Crippen LogP contribution in [-0.2, 0) is 13.5 Å². The molecule has 2 heterocycles. The zero-order valence-corrected chi connectivity index (χ0v) is 10.5. The molecule has 0 amide bonds. The average Bonchev–Trinajstić information content (AvgIpc) is 2.86. The summed E-state index contributed by atoms with van der Waals surface area (Å²) in [5.74, 6) is 0. The van der Waals surface area contributed by atoms with Gasteiger partial charge in [0.2, 0.25) is 0 Å². The van der Waals surface area contributed by atoms with Crippen molar-refractivity contribution in [2.75, 3.05) is 5.32 Å². The molecule has 2 aromatic heterocycles. The predicted molar refractivity (Wildman–Crippen MR) is 67.2 cm³/mol. The van der Waals surface area contributed by atoms with Crippen molar-refractivity contribution in [1.82, 2.24) is 9.78 Å². The third-order valence-electron chi connectivity index (χ3n) is 2.89. The Kier molecular flexibility index (Phi) is 2.41. The van der Waals surface area contributed by atoms with E-state index in [0.717, 1.165) is 22.9 Å². The SMILES string of the molecule is Cn1cc(NC2CCc3sc(Cl)cc32)cn1. The number of halogens is 1. The maximum Gasteiger partial charge on any atom is 0.0934 e. The molecule has 0 saturated carbocycles. The van der Waals surface area contributed by atoms with Gasteiger partial charge in [-0.25, -0.2) is 0 Å². The Morgan fingerprint density at radius 3 is 3.25 bits per heavy atom. The minimum atomic E-state index is 0.392. The molecule has 16 heavy (non-hydrogen) atoms. The smallest absolute Gasteiger partial charge is 0.0934 e. The summed E-state index contributed by atoms with van der Waals surface area (Å²) in [6.45, 7) is 0. The Labute approximate surface area is 103 Å². The van der Waals surface area contributed by atoms with Crippen molar-refractivity contribution in [2.45, 2.75) is 18.9 Å². The third kappa shape index (κ3) is 1.72. The molecule has 0 aromatic carbocycles. The highest BCUT2D eigenvalue weighted by Crippen LogP contribution is 2.40. The van der Waals surface area contributed by atoms with E-state index in [1.807, 2.05) is 19.4 Å². The lowest BCUT2D eigenvalue weighted by Gasteiger charge is -2.12. The van der Waals surface area contributed by atoms with E-state index in [1.54, 1.807) is 16.0 Å². The Bertz CT molecular complexity index is 517. The van der Waals surface area contributed by atoms with Gasteiger partial charge in [-0.05, 0) is 24.5 Å². The van der Waals surface area contributed by atoms with Crippen LogP contribution in [0.15, 0.2) is 18.5 Å². The number of aryl methyl sites for hydroxylation is 2. The Morgan fingerprint density at radius 1 is 1.62 bits per heavy atom. The highest BCUT2D eigenvalue weighted by molar-refractivity contribution is 7.16. The van der Waals surface area contributed by atoms with Gasteiger partial charge in [0.1, 0.15) is 0 Å². The van der Waals surface area contributed by atoms with Crippen molar-refractivity contribution in [3.05, 3.63) is 33.2 Å². The van der Waals surface area contributed by atoms with Crippen LogP contribution in [0, 0.1) is 0 Å². The second-order valence-electron chi connectivity index (χ2n) is 4.07. The summed E-state index contributed by atoms with van der Waals surface area (Å²) >= 11 is 7.73. The zero-order valence-electron chi connectivity index (χ0n) is 8.90. The van der Waals surface area contributed by atoms with E-state index in [1.165, 1.54) is 10.4 Å². The Balaban J connectivity index is 1.82. The lowest BCUT2D eigenvalue weighted by molar-refractivity contribution is 0.758. The van der Waals surface area contributed by atoms with Gasteiger partial charge >= 0.3 is 0 Å².